The average Bonchev–Trinajstić information content (AvgIpc) is 3.84. The number of fused-ring (bicyclic) bond motifs is 10. The predicted molar refractivity (Wildman–Crippen MR) is 219 cm³/mol. The van der Waals surface area contributed by atoms with Gasteiger partial charge in [0.15, 0.2) is 0 Å². The van der Waals surface area contributed by atoms with Crippen LogP contribution in [0.15, 0.2) is 170 Å². The molecule has 11 rings (SSSR count). The Balaban J connectivity index is 1.32. The number of anilines is 3. The molecule has 234 valence electrons. The van der Waals surface area contributed by atoms with Crippen LogP contribution in [0.1, 0.15) is 0 Å². The van der Waals surface area contributed by atoms with Crippen LogP contribution in [0.5, 0.6) is 0 Å². The topological polar surface area (TPSA) is 8.17 Å². The van der Waals surface area contributed by atoms with Crippen LogP contribution in [-0.2, 0) is 0 Å². The number of hydrogen-bond acceptors (Lipinski definition) is 3. The Kier molecular flexibility index (Phi) is 6.03. The highest BCUT2D eigenvalue weighted by molar-refractivity contribution is 7.26. The summed E-state index contributed by atoms with van der Waals surface area (Å²) < 4.78 is 7.61. The molecule has 3 heterocycles. The van der Waals surface area contributed by atoms with E-state index in [0.29, 0.717) is 0 Å². The highest BCUT2D eigenvalue weighted by Crippen LogP contribution is 2.51. The third-order valence-electron chi connectivity index (χ3n) is 10.1. The van der Waals surface area contributed by atoms with Gasteiger partial charge in [-0.1, -0.05) is 97.1 Å². The normalized spacial score (nSPS) is 12.0. The van der Waals surface area contributed by atoms with E-state index in [-0.39, 0.29) is 0 Å². The quantitative estimate of drug-likeness (QED) is 0.181. The maximum absolute atomic E-state index is 2.56. The minimum Gasteiger partial charge on any atom is -0.309 e. The van der Waals surface area contributed by atoms with Crippen molar-refractivity contribution in [3.63, 3.8) is 0 Å². The molecular weight excluding hydrogens is 645 g/mol. The summed E-state index contributed by atoms with van der Waals surface area (Å²) in [5, 5.41) is 10.2. The molecule has 0 radical (unpaired) electrons. The van der Waals surface area contributed by atoms with Gasteiger partial charge >= 0.3 is 0 Å². The first-order valence-electron chi connectivity index (χ1n) is 16.9. The second-order valence-corrected chi connectivity index (χ2v) is 15.1. The molecule has 0 aliphatic carbocycles. The summed E-state index contributed by atoms with van der Waals surface area (Å²) >= 11 is 3.76. The fourth-order valence-corrected chi connectivity index (χ4v) is 10.3. The van der Waals surface area contributed by atoms with E-state index in [4.69, 9.17) is 0 Å². The number of rotatable bonds is 4. The fourth-order valence-electron chi connectivity index (χ4n) is 8.05. The molecule has 11 aromatic rings. The SMILES string of the molecule is c1ccc(-n2c3ccccc3c3c(N(c4cccc5sc6ccccc6c45)c4cccc5sc6cc7ccccc7cc6c45)cccc32)cc1. The van der Waals surface area contributed by atoms with Crippen LogP contribution in [0.2, 0.25) is 0 Å². The summed E-state index contributed by atoms with van der Waals surface area (Å²) in [5.41, 5.74) is 7.10. The molecule has 0 bridgehead atoms. The lowest BCUT2D eigenvalue weighted by Crippen LogP contribution is -2.11. The largest absolute Gasteiger partial charge is 0.309 e. The zero-order valence-electron chi connectivity index (χ0n) is 26.9. The molecule has 0 aliphatic heterocycles. The second-order valence-electron chi connectivity index (χ2n) is 12.9. The minimum atomic E-state index is 1.16. The van der Waals surface area contributed by atoms with Crippen LogP contribution in [0.3, 0.4) is 0 Å². The number of hydrogen-bond donors (Lipinski definition) is 0. The van der Waals surface area contributed by atoms with E-state index in [1.807, 2.05) is 22.7 Å². The summed E-state index contributed by atoms with van der Waals surface area (Å²) in [6, 6.07) is 62.4. The number of nitrogens with zero attached hydrogens (tertiary/aromatic N) is 2. The molecule has 50 heavy (non-hydrogen) atoms. The van der Waals surface area contributed by atoms with Crippen molar-refractivity contribution in [2.45, 2.75) is 0 Å². The number of aromatic nitrogens is 1. The van der Waals surface area contributed by atoms with Gasteiger partial charge in [-0.25, -0.2) is 0 Å². The average molecular weight is 673 g/mol. The first-order chi connectivity index (χ1) is 24.8. The van der Waals surface area contributed by atoms with Gasteiger partial charge in [0, 0.05) is 56.8 Å². The minimum absolute atomic E-state index is 1.16. The van der Waals surface area contributed by atoms with Gasteiger partial charge in [0.05, 0.1) is 28.1 Å². The number of benzene rings is 8. The first kappa shape index (κ1) is 28.0. The third kappa shape index (κ3) is 4.01. The van der Waals surface area contributed by atoms with Crippen molar-refractivity contribution in [3.8, 4) is 5.69 Å². The Morgan fingerprint density at radius 3 is 1.68 bits per heavy atom. The van der Waals surface area contributed by atoms with E-state index in [1.165, 1.54) is 90.0 Å². The maximum Gasteiger partial charge on any atom is 0.0562 e. The van der Waals surface area contributed by atoms with Crippen molar-refractivity contribution in [2.24, 2.45) is 0 Å². The van der Waals surface area contributed by atoms with Crippen molar-refractivity contribution in [1.82, 2.24) is 4.57 Å². The summed E-state index contributed by atoms with van der Waals surface area (Å²) in [6.07, 6.45) is 0. The lowest BCUT2D eigenvalue weighted by Gasteiger charge is -2.28. The molecule has 0 amide bonds. The Morgan fingerprint density at radius 2 is 0.900 bits per heavy atom. The standard InChI is InChI=1S/C46H28N2S2/c1-2-15-31(16-3-1)47-35-19-8-6-17-32(35)44-36(47)20-10-21-37(44)48(38-22-11-25-41-45(38)33-18-7-9-24-40(33)49-41)39-23-12-26-42-46(39)34-27-29-13-4-5-14-30(29)28-43(34)50-42/h1-28H. The maximum atomic E-state index is 2.56. The van der Waals surface area contributed by atoms with Gasteiger partial charge in [0.25, 0.3) is 0 Å². The summed E-state index contributed by atoms with van der Waals surface area (Å²) in [5.74, 6) is 0. The Hall–Kier alpha value is -5.94. The van der Waals surface area contributed by atoms with Crippen molar-refractivity contribution >= 4 is 113 Å². The highest BCUT2D eigenvalue weighted by atomic mass is 32.1. The number of para-hydroxylation sites is 2. The lowest BCUT2D eigenvalue weighted by atomic mass is 10.0. The molecule has 0 N–H and O–H groups in total. The zero-order valence-corrected chi connectivity index (χ0v) is 28.5. The van der Waals surface area contributed by atoms with Crippen LogP contribution in [-0.4, -0.2) is 4.57 Å². The van der Waals surface area contributed by atoms with E-state index in [0.717, 1.165) is 5.69 Å². The van der Waals surface area contributed by atoms with Crippen LogP contribution in [0, 0.1) is 0 Å². The van der Waals surface area contributed by atoms with Gasteiger partial charge in [-0.3, -0.25) is 0 Å². The molecule has 0 aliphatic rings. The Bertz CT molecular complexity index is 3110. The molecule has 2 nitrogen and oxygen atoms in total. The van der Waals surface area contributed by atoms with E-state index < -0.39 is 0 Å². The van der Waals surface area contributed by atoms with E-state index >= 15 is 0 Å². The van der Waals surface area contributed by atoms with Gasteiger partial charge in [0.2, 0.25) is 0 Å². The zero-order chi connectivity index (χ0) is 32.8. The van der Waals surface area contributed by atoms with Gasteiger partial charge in [0.1, 0.15) is 0 Å². The molecule has 0 spiro atoms. The van der Waals surface area contributed by atoms with Gasteiger partial charge in [-0.2, -0.15) is 0 Å². The second kappa shape index (κ2) is 10.8. The smallest absolute Gasteiger partial charge is 0.0562 e. The van der Waals surface area contributed by atoms with Crippen LogP contribution >= 0.6 is 22.7 Å². The van der Waals surface area contributed by atoms with Crippen molar-refractivity contribution in [3.05, 3.63) is 170 Å². The van der Waals surface area contributed by atoms with Crippen molar-refractivity contribution in [1.29, 1.82) is 0 Å². The van der Waals surface area contributed by atoms with Crippen molar-refractivity contribution < 1.29 is 0 Å². The molecule has 8 aromatic carbocycles. The highest BCUT2D eigenvalue weighted by Gasteiger charge is 2.25. The molecule has 0 fully saturated rings. The summed E-state index contributed by atoms with van der Waals surface area (Å²) in [6.45, 7) is 0. The molecule has 4 heteroatoms. The van der Waals surface area contributed by atoms with Crippen LogP contribution in [0.25, 0.3) is 78.6 Å². The Labute approximate surface area is 296 Å². The molecule has 0 unspecified atom stereocenters. The van der Waals surface area contributed by atoms with Crippen LogP contribution in [0.4, 0.5) is 17.1 Å². The molecule has 0 saturated carbocycles. The van der Waals surface area contributed by atoms with Gasteiger partial charge in [-0.15, -0.1) is 22.7 Å². The summed E-state index contributed by atoms with van der Waals surface area (Å²) in [7, 11) is 0. The van der Waals surface area contributed by atoms with E-state index in [9.17, 15) is 0 Å². The van der Waals surface area contributed by atoms with E-state index in [2.05, 4.69) is 179 Å². The predicted octanol–water partition coefficient (Wildman–Crippen LogP) is 14.1. The van der Waals surface area contributed by atoms with Gasteiger partial charge in [-0.05, 0) is 83.6 Å². The third-order valence-corrected chi connectivity index (χ3v) is 12.4. The molecule has 0 atom stereocenters. The molecule has 3 aromatic heterocycles. The van der Waals surface area contributed by atoms with Crippen LogP contribution < -0.4 is 4.90 Å². The van der Waals surface area contributed by atoms with Crippen molar-refractivity contribution in [2.75, 3.05) is 4.90 Å². The molecule has 0 saturated heterocycles. The number of thiophene rings is 2. The lowest BCUT2D eigenvalue weighted by molar-refractivity contribution is 1.18. The fraction of sp³-hybridized carbons (Fsp3) is 0. The Morgan fingerprint density at radius 1 is 0.360 bits per heavy atom. The molecular formula is C46H28N2S2. The first-order valence-corrected chi connectivity index (χ1v) is 18.6. The van der Waals surface area contributed by atoms with E-state index in [1.54, 1.807) is 0 Å². The monoisotopic (exact) mass is 672 g/mol. The van der Waals surface area contributed by atoms with Gasteiger partial charge < -0.3 is 9.47 Å². The summed E-state index contributed by atoms with van der Waals surface area (Å²) in [4.78, 5) is 2.56.